The number of halogens is 4. The number of hydrogen-bond acceptors (Lipinski definition) is 1. The molecule has 0 aliphatic carbocycles. The highest BCUT2D eigenvalue weighted by molar-refractivity contribution is 9.10. The molecule has 100 valence electrons. The van der Waals surface area contributed by atoms with E-state index in [4.69, 9.17) is 23.2 Å². The Balaban J connectivity index is 2.31. The number of aliphatic hydroxyl groups excluding tert-OH is 1. The molecule has 0 saturated heterocycles. The van der Waals surface area contributed by atoms with Crippen molar-refractivity contribution in [2.75, 3.05) is 0 Å². The zero-order valence-electron chi connectivity index (χ0n) is 9.71. The third-order valence-corrected chi connectivity index (χ3v) is 4.05. The van der Waals surface area contributed by atoms with Gasteiger partial charge in [-0.15, -0.1) is 0 Å². The predicted octanol–water partition coefficient (Wildman–Crippen LogP) is 5.17. The Morgan fingerprint density at radius 3 is 2.63 bits per heavy atom. The number of aliphatic hydroxyl groups is 1. The van der Waals surface area contributed by atoms with Gasteiger partial charge in [-0.3, -0.25) is 0 Å². The zero-order chi connectivity index (χ0) is 14.0. The highest BCUT2D eigenvalue weighted by atomic mass is 79.9. The predicted molar refractivity (Wildman–Crippen MR) is 79.2 cm³/mol. The molecule has 0 bridgehead atoms. The average Bonchev–Trinajstić information content (AvgIpc) is 2.33. The highest BCUT2D eigenvalue weighted by Gasteiger charge is 2.18. The van der Waals surface area contributed by atoms with Crippen LogP contribution >= 0.6 is 39.1 Å². The molecule has 0 radical (unpaired) electrons. The second kappa shape index (κ2) is 6.23. The summed E-state index contributed by atoms with van der Waals surface area (Å²) in [5.74, 6) is -0.458. The van der Waals surface area contributed by atoms with Gasteiger partial charge in [0, 0.05) is 26.5 Å². The molecule has 0 aliphatic heterocycles. The van der Waals surface area contributed by atoms with Crippen LogP contribution in [0, 0.1) is 5.82 Å². The van der Waals surface area contributed by atoms with Crippen LogP contribution < -0.4 is 0 Å². The van der Waals surface area contributed by atoms with Crippen molar-refractivity contribution in [2.24, 2.45) is 0 Å². The lowest BCUT2D eigenvalue weighted by Crippen LogP contribution is -2.06. The fourth-order valence-electron chi connectivity index (χ4n) is 1.84. The van der Waals surface area contributed by atoms with Crippen molar-refractivity contribution < 1.29 is 9.50 Å². The monoisotopic (exact) mass is 362 g/mol. The van der Waals surface area contributed by atoms with Crippen LogP contribution in [0.3, 0.4) is 0 Å². The molecule has 0 heterocycles. The first kappa shape index (κ1) is 14.8. The minimum absolute atomic E-state index is 0.193. The Kier molecular flexibility index (Phi) is 4.85. The molecule has 1 nitrogen and oxygen atoms in total. The second-order valence-electron chi connectivity index (χ2n) is 4.09. The fourth-order valence-corrected chi connectivity index (χ4v) is 2.83. The molecule has 0 spiro atoms. The zero-order valence-corrected chi connectivity index (χ0v) is 12.8. The lowest BCUT2D eigenvalue weighted by Gasteiger charge is -2.15. The van der Waals surface area contributed by atoms with Gasteiger partial charge < -0.3 is 5.11 Å². The van der Waals surface area contributed by atoms with Crippen molar-refractivity contribution in [1.29, 1.82) is 0 Å². The van der Waals surface area contributed by atoms with Crippen molar-refractivity contribution in [3.05, 3.63) is 67.9 Å². The maximum Gasteiger partial charge on any atom is 0.130 e. The first-order valence-electron chi connectivity index (χ1n) is 5.55. The van der Waals surface area contributed by atoms with E-state index >= 15 is 0 Å². The lowest BCUT2D eigenvalue weighted by molar-refractivity contribution is 0.173. The molecule has 19 heavy (non-hydrogen) atoms. The van der Waals surface area contributed by atoms with Gasteiger partial charge in [0.2, 0.25) is 0 Å². The molecule has 0 fully saturated rings. The molecule has 5 heteroatoms. The van der Waals surface area contributed by atoms with E-state index in [1.54, 1.807) is 30.3 Å². The molecule has 0 aliphatic rings. The first-order valence-corrected chi connectivity index (χ1v) is 7.10. The first-order chi connectivity index (χ1) is 8.99. The van der Waals surface area contributed by atoms with Crippen LogP contribution in [0.1, 0.15) is 17.2 Å². The SMILES string of the molecule is OC(Cc1cc(Cl)ccc1Cl)c1c(F)cccc1Br. The normalized spacial score (nSPS) is 12.5. The van der Waals surface area contributed by atoms with Crippen LogP contribution in [-0.4, -0.2) is 5.11 Å². The van der Waals surface area contributed by atoms with Gasteiger partial charge in [0.15, 0.2) is 0 Å². The molecule has 2 aromatic rings. The van der Waals surface area contributed by atoms with Crippen LogP contribution in [0.15, 0.2) is 40.9 Å². The van der Waals surface area contributed by atoms with E-state index in [1.165, 1.54) is 6.07 Å². The summed E-state index contributed by atoms with van der Waals surface area (Å²) in [5, 5.41) is 11.2. The molecule has 1 atom stereocenters. The summed E-state index contributed by atoms with van der Waals surface area (Å²) in [6.07, 6.45) is -0.801. The highest BCUT2D eigenvalue weighted by Crippen LogP contribution is 2.31. The van der Waals surface area contributed by atoms with E-state index in [0.717, 1.165) is 0 Å². The van der Waals surface area contributed by atoms with E-state index in [0.29, 0.717) is 20.1 Å². The summed E-state index contributed by atoms with van der Waals surface area (Å²) < 4.78 is 14.3. The van der Waals surface area contributed by atoms with E-state index in [9.17, 15) is 9.50 Å². The topological polar surface area (TPSA) is 20.2 Å². The molecule has 1 unspecified atom stereocenters. The Hall–Kier alpha value is -0.610. The van der Waals surface area contributed by atoms with Crippen molar-refractivity contribution in [2.45, 2.75) is 12.5 Å². The van der Waals surface area contributed by atoms with Crippen LogP contribution in [0.2, 0.25) is 10.0 Å². The Bertz CT molecular complexity index is 584. The van der Waals surface area contributed by atoms with Gasteiger partial charge in [0.25, 0.3) is 0 Å². The fraction of sp³-hybridized carbons (Fsp3) is 0.143. The van der Waals surface area contributed by atoms with Crippen molar-refractivity contribution in [3.63, 3.8) is 0 Å². The maximum atomic E-state index is 13.7. The maximum absolute atomic E-state index is 13.7. The molecule has 2 aromatic carbocycles. The summed E-state index contributed by atoms with van der Waals surface area (Å²) in [6.45, 7) is 0. The summed E-state index contributed by atoms with van der Waals surface area (Å²) >= 11 is 15.2. The standard InChI is InChI=1S/C14H10BrCl2FO/c15-10-2-1-3-12(18)14(10)13(19)7-8-6-9(16)4-5-11(8)17/h1-6,13,19H,7H2. The van der Waals surface area contributed by atoms with Crippen molar-refractivity contribution in [1.82, 2.24) is 0 Å². The lowest BCUT2D eigenvalue weighted by atomic mass is 10.0. The molecule has 1 N–H and O–H groups in total. The van der Waals surface area contributed by atoms with Gasteiger partial charge in [-0.1, -0.05) is 45.2 Å². The molecule has 0 saturated carbocycles. The van der Waals surface area contributed by atoms with Crippen LogP contribution in [0.4, 0.5) is 4.39 Å². The molecule has 0 aromatic heterocycles. The van der Waals surface area contributed by atoms with Crippen molar-refractivity contribution >= 4 is 39.1 Å². The third kappa shape index (κ3) is 3.48. The van der Waals surface area contributed by atoms with Gasteiger partial charge in [-0.05, 0) is 35.9 Å². The van der Waals surface area contributed by atoms with Crippen LogP contribution in [0.5, 0.6) is 0 Å². The molecular formula is C14H10BrCl2FO. The Morgan fingerprint density at radius 2 is 1.95 bits per heavy atom. The summed E-state index contributed by atoms with van der Waals surface area (Å²) in [5.41, 5.74) is 0.898. The second-order valence-corrected chi connectivity index (χ2v) is 5.79. The third-order valence-electron chi connectivity index (χ3n) is 2.75. The molecule has 2 rings (SSSR count). The van der Waals surface area contributed by atoms with E-state index in [2.05, 4.69) is 15.9 Å². The van der Waals surface area contributed by atoms with Gasteiger partial charge in [-0.2, -0.15) is 0 Å². The summed E-state index contributed by atoms with van der Waals surface area (Å²) in [6, 6.07) is 9.55. The van der Waals surface area contributed by atoms with Gasteiger partial charge in [0.05, 0.1) is 6.10 Å². The van der Waals surface area contributed by atoms with E-state index in [-0.39, 0.29) is 12.0 Å². The summed E-state index contributed by atoms with van der Waals surface area (Å²) in [7, 11) is 0. The Morgan fingerprint density at radius 1 is 1.21 bits per heavy atom. The van der Waals surface area contributed by atoms with E-state index < -0.39 is 11.9 Å². The summed E-state index contributed by atoms with van der Waals surface area (Å²) in [4.78, 5) is 0. The van der Waals surface area contributed by atoms with Gasteiger partial charge in [-0.25, -0.2) is 4.39 Å². The van der Waals surface area contributed by atoms with E-state index in [1.807, 2.05) is 0 Å². The van der Waals surface area contributed by atoms with Crippen molar-refractivity contribution in [3.8, 4) is 0 Å². The quantitative estimate of drug-likeness (QED) is 0.797. The Labute approximate surface area is 129 Å². The minimum Gasteiger partial charge on any atom is -0.388 e. The molecular weight excluding hydrogens is 354 g/mol. The van der Waals surface area contributed by atoms with Crippen LogP contribution in [-0.2, 0) is 6.42 Å². The number of hydrogen-bond donors (Lipinski definition) is 1. The largest absolute Gasteiger partial charge is 0.388 e. The number of benzene rings is 2. The van der Waals surface area contributed by atoms with Crippen LogP contribution in [0.25, 0.3) is 0 Å². The smallest absolute Gasteiger partial charge is 0.130 e. The number of rotatable bonds is 3. The molecule has 0 amide bonds. The minimum atomic E-state index is -0.994. The van der Waals surface area contributed by atoms with Gasteiger partial charge in [0.1, 0.15) is 5.82 Å². The van der Waals surface area contributed by atoms with Gasteiger partial charge >= 0.3 is 0 Å². The average molecular weight is 364 g/mol.